The fraction of sp³-hybridized carbons (Fsp3) is 0.0476. The number of hydrogen-bond acceptors (Lipinski definition) is 3. The second-order valence-electron chi connectivity index (χ2n) is 5.76. The molecule has 1 amide bonds. The summed E-state index contributed by atoms with van der Waals surface area (Å²) >= 11 is 6.05. The van der Waals surface area contributed by atoms with Crippen molar-refractivity contribution in [1.82, 2.24) is 0 Å². The van der Waals surface area contributed by atoms with Crippen molar-refractivity contribution >= 4 is 29.0 Å². The summed E-state index contributed by atoms with van der Waals surface area (Å²) in [7, 11) is 0. The zero-order valence-corrected chi connectivity index (χ0v) is 14.6. The van der Waals surface area contributed by atoms with Crippen LogP contribution < -0.4 is 11.1 Å². The molecule has 0 saturated heterocycles. The topological polar surface area (TPSA) is 72.2 Å². The predicted molar refractivity (Wildman–Crippen MR) is 103 cm³/mol. The number of halogens is 1. The fourth-order valence-corrected chi connectivity index (χ4v) is 2.75. The lowest BCUT2D eigenvalue weighted by Crippen LogP contribution is -2.28. The highest BCUT2D eigenvalue weighted by atomic mass is 35.5. The molecule has 0 bridgehead atoms. The van der Waals surface area contributed by atoms with Crippen molar-refractivity contribution in [3.63, 3.8) is 0 Å². The number of amides is 1. The van der Waals surface area contributed by atoms with Gasteiger partial charge in [-0.05, 0) is 23.8 Å². The molecule has 0 aliphatic heterocycles. The molecule has 3 rings (SSSR count). The molecule has 26 heavy (non-hydrogen) atoms. The van der Waals surface area contributed by atoms with E-state index in [1.807, 2.05) is 24.3 Å². The molecule has 5 heteroatoms. The van der Waals surface area contributed by atoms with E-state index < -0.39 is 11.9 Å². The molecule has 0 radical (unpaired) electrons. The van der Waals surface area contributed by atoms with Gasteiger partial charge in [-0.15, -0.1) is 0 Å². The maximum atomic E-state index is 12.8. The quantitative estimate of drug-likeness (QED) is 0.666. The number of nitrogens with one attached hydrogen (secondary N) is 1. The van der Waals surface area contributed by atoms with Gasteiger partial charge in [-0.3, -0.25) is 9.59 Å². The number of carbonyl (C=O) groups is 2. The Hall–Kier alpha value is -2.95. The van der Waals surface area contributed by atoms with Gasteiger partial charge in [-0.25, -0.2) is 0 Å². The predicted octanol–water partition coefficient (Wildman–Crippen LogP) is 4.21. The lowest BCUT2D eigenvalue weighted by atomic mass is 10.0. The van der Waals surface area contributed by atoms with Crippen LogP contribution in [0.25, 0.3) is 0 Å². The number of nitrogens with two attached hydrogens (primary N) is 1. The van der Waals surface area contributed by atoms with E-state index in [1.165, 1.54) is 0 Å². The summed E-state index contributed by atoms with van der Waals surface area (Å²) in [4.78, 5) is 25.3. The van der Waals surface area contributed by atoms with Crippen LogP contribution in [0.3, 0.4) is 0 Å². The SMILES string of the molecule is N[C@H](C(=O)Nc1ccc(Cl)cc1C(=O)c1ccccc1)c1ccccc1. The van der Waals surface area contributed by atoms with Crippen LogP contribution in [0.2, 0.25) is 5.02 Å². The van der Waals surface area contributed by atoms with Crippen LogP contribution in [0.5, 0.6) is 0 Å². The van der Waals surface area contributed by atoms with E-state index in [-0.39, 0.29) is 5.78 Å². The maximum absolute atomic E-state index is 12.8. The third kappa shape index (κ3) is 3.99. The highest BCUT2D eigenvalue weighted by molar-refractivity contribution is 6.31. The van der Waals surface area contributed by atoms with Gasteiger partial charge in [0.05, 0.1) is 5.69 Å². The van der Waals surface area contributed by atoms with E-state index in [9.17, 15) is 9.59 Å². The molecule has 0 fully saturated rings. The second-order valence-corrected chi connectivity index (χ2v) is 6.20. The van der Waals surface area contributed by atoms with Crippen molar-refractivity contribution in [3.8, 4) is 0 Å². The summed E-state index contributed by atoms with van der Waals surface area (Å²) in [6.45, 7) is 0. The van der Waals surface area contributed by atoms with Gasteiger partial charge in [0, 0.05) is 16.1 Å². The Bertz CT molecular complexity index is 927. The first kappa shape index (κ1) is 17.9. The van der Waals surface area contributed by atoms with Crippen LogP contribution in [0.15, 0.2) is 78.9 Å². The molecule has 0 saturated carbocycles. The number of hydrogen-bond donors (Lipinski definition) is 2. The average molecular weight is 365 g/mol. The Labute approximate surface area is 156 Å². The average Bonchev–Trinajstić information content (AvgIpc) is 2.69. The van der Waals surface area contributed by atoms with E-state index in [2.05, 4.69) is 5.32 Å². The van der Waals surface area contributed by atoms with Crippen molar-refractivity contribution in [3.05, 3.63) is 101 Å². The van der Waals surface area contributed by atoms with Crippen LogP contribution in [-0.2, 0) is 4.79 Å². The zero-order chi connectivity index (χ0) is 18.5. The highest BCUT2D eigenvalue weighted by Gasteiger charge is 2.20. The zero-order valence-electron chi connectivity index (χ0n) is 13.9. The first-order chi connectivity index (χ1) is 12.6. The van der Waals surface area contributed by atoms with Gasteiger partial charge in [0.15, 0.2) is 5.78 Å². The molecular weight excluding hydrogens is 348 g/mol. The summed E-state index contributed by atoms with van der Waals surface area (Å²) in [6, 6.07) is 21.8. The van der Waals surface area contributed by atoms with Crippen molar-refractivity contribution in [2.45, 2.75) is 6.04 Å². The lowest BCUT2D eigenvalue weighted by Gasteiger charge is -2.15. The number of ketones is 1. The van der Waals surface area contributed by atoms with Gasteiger partial charge in [0.1, 0.15) is 6.04 Å². The van der Waals surface area contributed by atoms with Crippen molar-refractivity contribution in [2.24, 2.45) is 5.73 Å². The molecule has 130 valence electrons. The van der Waals surface area contributed by atoms with Gasteiger partial charge in [0.25, 0.3) is 0 Å². The highest BCUT2D eigenvalue weighted by Crippen LogP contribution is 2.25. The number of carbonyl (C=O) groups excluding carboxylic acids is 2. The first-order valence-electron chi connectivity index (χ1n) is 8.07. The molecule has 0 aliphatic rings. The largest absolute Gasteiger partial charge is 0.324 e. The van der Waals surface area contributed by atoms with Gasteiger partial charge in [-0.1, -0.05) is 72.3 Å². The van der Waals surface area contributed by atoms with E-state index in [0.717, 1.165) is 0 Å². The van der Waals surface area contributed by atoms with Crippen molar-refractivity contribution in [2.75, 3.05) is 5.32 Å². The van der Waals surface area contributed by atoms with Crippen molar-refractivity contribution < 1.29 is 9.59 Å². The van der Waals surface area contributed by atoms with Crippen LogP contribution >= 0.6 is 11.6 Å². The molecule has 3 N–H and O–H groups in total. The van der Waals surface area contributed by atoms with E-state index >= 15 is 0 Å². The molecule has 3 aromatic carbocycles. The Morgan fingerprint density at radius 1 is 0.885 bits per heavy atom. The van der Waals surface area contributed by atoms with Crippen LogP contribution in [0.4, 0.5) is 5.69 Å². The maximum Gasteiger partial charge on any atom is 0.245 e. The molecular formula is C21H17ClN2O2. The van der Waals surface area contributed by atoms with E-state index in [1.54, 1.807) is 54.6 Å². The summed E-state index contributed by atoms with van der Waals surface area (Å²) in [5.41, 5.74) is 7.92. The summed E-state index contributed by atoms with van der Waals surface area (Å²) in [5, 5.41) is 3.15. The fourth-order valence-electron chi connectivity index (χ4n) is 2.58. The van der Waals surface area contributed by atoms with Crippen LogP contribution in [-0.4, -0.2) is 11.7 Å². The van der Waals surface area contributed by atoms with Crippen molar-refractivity contribution in [1.29, 1.82) is 0 Å². The van der Waals surface area contributed by atoms with E-state index in [0.29, 0.717) is 27.4 Å². The standard InChI is InChI=1S/C21H17ClN2O2/c22-16-11-12-18(17(13-16)20(25)15-9-5-2-6-10-15)24-21(26)19(23)14-7-3-1-4-8-14/h1-13,19H,23H2,(H,24,26)/t19-/m0/s1. The molecule has 0 heterocycles. The summed E-state index contributed by atoms with van der Waals surface area (Å²) < 4.78 is 0. The third-order valence-electron chi connectivity index (χ3n) is 3.96. The summed E-state index contributed by atoms with van der Waals surface area (Å²) in [5.74, 6) is -0.627. The second kappa shape index (κ2) is 7.95. The lowest BCUT2D eigenvalue weighted by molar-refractivity contribution is -0.117. The number of rotatable bonds is 5. The van der Waals surface area contributed by atoms with Gasteiger partial charge in [0.2, 0.25) is 5.91 Å². The molecule has 0 unspecified atom stereocenters. The monoisotopic (exact) mass is 364 g/mol. The number of anilines is 1. The molecule has 0 spiro atoms. The van der Waals surface area contributed by atoms with Crippen LogP contribution in [0, 0.1) is 0 Å². The Kier molecular flexibility index (Phi) is 5.46. The minimum atomic E-state index is -0.841. The number of benzene rings is 3. The molecule has 3 aromatic rings. The Morgan fingerprint density at radius 3 is 2.15 bits per heavy atom. The first-order valence-corrected chi connectivity index (χ1v) is 8.45. The minimum Gasteiger partial charge on any atom is -0.324 e. The smallest absolute Gasteiger partial charge is 0.245 e. The Balaban J connectivity index is 1.89. The third-order valence-corrected chi connectivity index (χ3v) is 4.20. The molecule has 4 nitrogen and oxygen atoms in total. The van der Waals surface area contributed by atoms with E-state index in [4.69, 9.17) is 17.3 Å². The van der Waals surface area contributed by atoms with Gasteiger partial charge >= 0.3 is 0 Å². The Morgan fingerprint density at radius 2 is 1.50 bits per heavy atom. The van der Waals surface area contributed by atoms with Gasteiger partial charge in [-0.2, -0.15) is 0 Å². The summed E-state index contributed by atoms with van der Waals surface area (Å²) in [6.07, 6.45) is 0. The minimum absolute atomic E-state index is 0.225. The van der Waals surface area contributed by atoms with Crippen LogP contribution in [0.1, 0.15) is 27.5 Å². The normalized spacial score (nSPS) is 11.6. The van der Waals surface area contributed by atoms with Gasteiger partial charge < -0.3 is 11.1 Å². The molecule has 0 aliphatic carbocycles. The molecule has 1 atom stereocenters. The molecule has 0 aromatic heterocycles.